The first kappa shape index (κ1) is 21.1. The molecule has 0 aliphatic rings. The topological polar surface area (TPSA) is 99.5 Å². The molecule has 0 aliphatic heterocycles. The minimum Gasteiger partial charge on any atom is -0.480 e. The summed E-state index contributed by atoms with van der Waals surface area (Å²) >= 11 is 1.44. The van der Waals surface area contributed by atoms with Gasteiger partial charge in [-0.25, -0.2) is 4.98 Å². The summed E-state index contributed by atoms with van der Waals surface area (Å²) in [7, 11) is 0. The van der Waals surface area contributed by atoms with E-state index in [1.165, 1.54) is 11.3 Å². The monoisotopic (exact) mass is 366 g/mol. The number of rotatable bonds is 10. The van der Waals surface area contributed by atoms with Gasteiger partial charge >= 0.3 is 11.9 Å². The third-order valence-corrected chi connectivity index (χ3v) is 4.52. The molecule has 0 saturated carbocycles. The summed E-state index contributed by atoms with van der Waals surface area (Å²) in [6.07, 6.45) is 6.31. The maximum atomic E-state index is 11.5. The molecule has 0 bridgehead atoms. The summed E-state index contributed by atoms with van der Waals surface area (Å²) in [4.78, 5) is 27.4. The lowest BCUT2D eigenvalue weighted by Crippen LogP contribution is -2.48. The molecular weight excluding hydrogens is 340 g/mol. The van der Waals surface area contributed by atoms with Gasteiger partial charge in [-0.2, -0.15) is 0 Å². The van der Waals surface area contributed by atoms with Crippen molar-refractivity contribution in [2.75, 3.05) is 0 Å². The number of allylic oxidation sites excluding steroid dienone is 4. The van der Waals surface area contributed by atoms with E-state index in [1.54, 1.807) is 0 Å². The standard InChI is InChI=1S/C18H26N2O4S/c1-5-7-12(6-2)16-19-13(10-25-16)9-15(18(23)24)20-14(17(21)22)8-11(3)4/h5-7,10-11,14-15,20H,8-9H2,1-4H3,(H,21,22)(H,23,24)/b7-5-,12-6+/t14?,15-/m0/s1. The fourth-order valence-electron chi connectivity index (χ4n) is 2.38. The van der Waals surface area contributed by atoms with E-state index < -0.39 is 24.0 Å². The second-order valence-corrected chi connectivity index (χ2v) is 7.03. The lowest BCUT2D eigenvalue weighted by molar-refractivity contribution is -0.142. The van der Waals surface area contributed by atoms with E-state index >= 15 is 0 Å². The van der Waals surface area contributed by atoms with Crippen molar-refractivity contribution in [2.45, 2.75) is 52.6 Å². The first-order valence-corrected chi connectivity index (χ1v) is 9.11. The smallest absolute Gasteiger partial charge is 0.321 e. The van der Waals surface area contributed by atoms with Gasteiger partial charge in [-0.1, -0.05) is 32.1 Å². The van der Waals surface area contributed by atoms with Crippen LogP contribution >= 0.6 is 11.3 Å². The van der Waals surface area contributed by atoms with Gasteiger partial charge in [-0.05, 0) is 26.2 Å². The summed E-state index contributed by atoms with van der Waals surface area (Å²) in [5.41, 5.74) is 1.61. The van der Waals surface area contributed by atoms with E-state index in [0.717, 1.165) is 10.6 Å². The fraction of sp³-hybridized carbons (Fsp3) is 0.500. The van der Waals surface area contributed by atoms with Crippen molar-refractivity contribution in [1.29, 1.82) is 0 Å². The third-order valence-electron chi connectivity index (χ3n) is 3.57. The Morgan fingerprint density at radius 3 is 2.36 bits per heavy atom. The number of aromatic nitrogens is 1. The van der Waals surface area contributed by atoms with Crippen molar-refractivity contribution in [3.05, 3.63) is 34.3 Å². The molecule has 2 atom stereocenters. The van der Waals surface area contributed by atoms with Crippen LogP contribution in [0.2, 0.25) is 0 Å². The summed E-state index contributed by atoms with van der Waals surface area (Å²) in [6, 6.07) is -1.89. The molecule has 0 radical (unpaired) electrons. The molecule has 0 saturated heterocycles. The van der Waals surface area contributed by atoms with Crippen LogP contribution in [0.3, 0.4) is 0 Å². The number of nitrogens with one attached hydrogen (secondary N) is 1. The summed E-state index contributed by atoms with van der Waals surface area (Å²) < 4.78 is 0. The van der Waals surface area contributed by atoms with Gasteiger partial charge in [-0.15, -0.1) is 11.3 Å². The van der Waals surface area contributed by atoms with Crippen LogP contribution in [0.5, 0.6) is 0 Å². The maximum Gasteiger partial charge on any atom is 0.321 e. The lowest BCUT2D eigenvalue weighted by Gasteiger charge is -2.21. The SMILES string of the molecule is C/C=C\C(=C/C)c1nc(C[C@H](NC(CC(C)C)C(=O)O)C(=O)O)cs1. The van der Waals surface area contributed by atoms with E-state index in [1.807, 2.05) is 51.3 Å². The molecule has 1 unspecified atom stereocenters. The highest BCUT2D eigenvalue weighted by atomic mass is 32.1. The van der Waals surface area contributed by atoms with Crippen LogP contribution < -0.4 is 5.32 Å². The minimum atomic E-state index is -1.08. The van der Waals surface area contributed by atoms with E-state index in [0.29, 0.717) is 12.1 Å². The number of nitrogens with zero attached hydrogens (tertiary/aromatic N) is 1. The van der Waals surface area contributed by atoms with E-state index in [4.69, 9.17) is 0 Å². The van der Waals surface area contributed by atoms with Crippen LogP contribution in [-0.4, -0.2) is 39.2 Å². The number of aliphatic carboxylic acids is 2. The van der Waals surface area contributed by atoms with Crippen molar-refractivity contribution in [2.24, 2.45) is 5.92 Å². The molecule has 6 nitrogen and oxygen atoms in total. The Labute approximate surface area is 152 Å². The second kappa shape index (κ2) is 10.1. The van der Waals surface area contributed by atoms with Gasteiger partial charge in [0.1, 0.15) is 17.1 Å². The highest BCUT2D eigenvalue weighted by Crippen LogP contribution is 2.21. The number of carbonyl (C=O) groups is 2. The van der Waals surface area contributed by atoms with Gasteiger partial charge in [-0.3, -0.25) is 14.9 Å². The first-order valence-electron chi connectivity index (χ1n) is 8.23. The Morgan fingerprint density at radius 2 is 1.88 bits per heavy atom. The van der Waals surface area contributed by atoms with Crippen molar-refractivity contribution >= 4 is 28.8 Å². The van der Waals surface area contributed by atoms with Crippen molar-refractivity contribution < 1.29 is 19.8 Å². The summed E-state index contributed by atoms with van der Waals surface area (Å²) in [6.45, 7) is 7.64. The molecule has 3 N–H and O–H groups in total. The van der Waals surface area contributed by atoms with Crippen LogP contribution in [0.25, 0.3) is 5.57 Å². The Bertz CT molecular complexity index is 649. The summed E-state index contributed by atoms with van der Waals surface area (Å²) in [5.74, 6) is -1.97. The predicted molar refractivity (Wildman–Crippen MR) is 99.7 cm³/mol. The van der Waals surface area contributed by atoms with Gasteiger partial charge in [0.2, 0.25) is 0 Å². The Hall–Kier alpha value is -1.99. The molecule has 1 aromatic heterocycles. The molecular formula is C18H26N2O4S. The molecule has 0 aromatic carbocycles. The molecule has 1 aromatic rings. The highest BCUT2D eigenvalue weighted by molar-refractivity contribution is 7.10. The van der Waals surface area contributed by atoms with Crippen molar-refractivity contribution in [3.8, 4) is 0 Å². The maximum absolute atomic E-state index is 11.5. The fourth-order valence-corrected chi connectivity index (χ4v) is 3.27. The predicted octanol–water partition coefficient (Wildman–Crippen LogP) is 3.21. The molecule has 138 valence electrons. The van der Waals surface area contributed by atoms with Crippen LogP contribution in [0, 0.1) is 5.92 Å². The summed E-state index contributed by atoms with van der Waals surface area (Å²) in [5, 5.41) is 24.1. The van der Waals surface area contributed by atoms with E-state index in [-0.39, 0.29) is 12.3 Å². The molecule has 1 heterocycles. The van der Waals surface area contributed by atoms with Gasteiger partial charge in [0, 0.05) is 17.4 Å². The van der Waals surface area contributed by atoms with Crippen LogP contribution in [0.1, 0.15) is 44.8 Å². The van der Waals surface area contributed by atoms with E-state index in [2.05, 4.69) is 10.3 Å². The molecule has 0 amide bonds. The van der Waals surface area contributed by atoms with Crippen molar-refractivity contribution in [1.82, 2.24) is 10.3 Å². The quantitative estimate of drug-likeness (QED) is 0.550. The largest absolute Gasteiger partial charge is 0.480 e. The van der Waals surface area contributed by atoms with Gasteiger partial charge in [0.25, 0.3) is 0 Å². The molecule has 0 spiro atoms. The number of carboxylic acid groups (broad SMARTS) is 2. The van der Waals surface area contributed by atoms with Gasteiger partial charge in [0.15, 0.2) is 0 Å². The molecule has 0 aliphatic carbocycles. The zero-order valence-electron chi connectivity index (χ0n) is 15.0. The molecule has 25 heavy (non-hydrogen) atoms. The average Bonchev–Trinajstić information content (AvgIpc) is 2.98. The zero-order valence-corrected chi connectivity index (χ0v) is 15.8. The minimum absolute atomic E-state index is 0.139. The number of carboxylic acids is 2. The van der Waals surface area contributed by atoms with Crippen LogP contribution in [0.4, 0.5) is 0 Å². The number of hydrogen-bond acceptors (Lipinski definition) is 5. The van der Waals surface area contributed by atoms with Gasteiger partial charge < -0.3 is 10.2 Å². The van der Waals surface area contributed by atoms with Crippen molar-refractivity contribution in [3.63, 3.8) is 0 Å². The molecule has 0 fully saturated rings. The average molecular weight is 366 g/mol. The normalized spacial score (nSPS) is 14.8. The van der Waals surface area contributed by atoms with E-state index in [9.17, 15) is 19.8 Å². The Kier molecular flexibility index (Phi) is 8.51. The second-order valence-electron chi connectivity index (χ2n) is 6.17. The number of thiazole rings is 1. The Balaban J connectivity index is 2.90. The van der Waals surface area contributed by atoms with Gasteiger partial charge in [0.05, 0.1) is 5.69 Å². The highest BCUT2D eigenvalue weighted by Gasteiger charge is 2.27. The zero-order chi connectivity index (χ0) is 19.0. The van der Waals surface area contributed by atoms with Crippen LogP contribution in [-0.2, 0) is 16.0 Å². The molecule has 7 heteroatoms. The first-order chi connectivity index (χ1) is 11.8. The molecule has 1 rings (SSSR count). The van der Waals surface area contributed by atoms with Crippen LogP contribution in [0.15, 0.2) is 23.6 Å². The lowest BCUT2D eigenvalue weighted by atomic mass is 10.0. The Morgan fingerprint density at radius 1 is 1.24 bits per heavy atom. The third kappa shape index (κ3) is 6.80. The number of hydrogen-bond donors (Lipinski definition) is 3.